The molecule has 1 heterocycles. The van der Waals surface area contributed by atoms with Gasteiger partial charge in [-0.2, -0.15) is 0 Å². The van der Waals surface area contributed by atoms with Crippen molar-refractivity contribution < 1.29 is 23.4 Å². The molecule has 0 spiro atoms. The Balaban J connectivity index is 1.69. The third-order valence-electron chi connectivity index (χ3n) is 3.41. The van der Waals surface area contributed by atoms with Crippen LogP contribution in [-0.4, -0.2) is 36.5 Å². The quantitative estimate of drug-likeness (QED) is 0.874. The van der Waals surface area contributed by atoms with Crippen LogP contribution in [0.1, 0.15) is 24.8 Å². The van der Waals surface area contributed by atoms with Crippen molar-refractivity contribution in [2.24, 2.45) is 0 Å². The Morgan fingerprint density at radius 3 is 2.60 bits per heavy atom. The Morgan fingerprint density at radius 2 is 2.00 bits per heavy atom. The first-order valence-electron chi connectivity index (χ1n) is 6.85. The maximum Gasteiger partial charge on any atom is 0.273 e. The average Bonchev–Trinajstić information content (AvgIpc) is 2.47. The Labute approximate surface area is 117 Å². The van der Waals surface area contributed by atoms with E-state index in [1.165, 1.54) is 0 Å². The van der Waals surface area contributed by atoms with E-state index in [0.717, 1.165) is 5.56 Å². The van der Waals surface area contributed by atoms with E-state index in [9.17, 15) is 8.78 Å². The zero-order valence-corrected chi connectivity index (χ0v) is 11.3. The number of aliphatic hydroxyl groups excluding tert-OH is 1. The fourth-order valence-electron chi connectivity index (χ4n) is 2.26. The van der Waals surface area contributed by atoms with E-state index >= 15 is 0 Å². The second kappa shape index (κ2) is 7.11. The van der Waals surface area contributed by atoms with Crippen LogP contribution in [0.15, 0.2) is 30.3 Å². The minimum absolute atomic E-state index is 0.0470. The van der Waals surface area contributed by atoms with Gasteiger partial charge < -0.3 is 14.6 Å². The summed E-state index contributed by atoms with van der Waals surface area (Å²) in [5, 5.41) is 8.56. The molecule has 0 amide bonds. The van der Waals surface area contributed by atoms with E-state index in [-0.39, 0.29) is 6.10 Å². The molecule has 1 N–H and O–H groups in total. The van der Waals surface area contributed by atoms with Gasteiger partial charge in [-0.05, 0) is 18.4 Å². The molecule has 2 rings (SSSR count). The van der Waals surface area contributed by atoms with Crippen LogP contribution in [0, 0.1) is 0 Å². The zero-order chi connectivity index (χ0) is 14.4. The maximum absolute atomic E-state index is 13.0. The zero-order valence-electron chi connectivity index (χ0n) is 11.3. The van der Waals surface area contributed by atoms with Crippen molar-refractivity contribution in [1.29, 1.82) is 0 Å². The van der Waals surface area contributed by atoms with E-state index in [1.807, 2.05) is 30.3 Å². The summed E-state index contributed by atoms with van der Waals surface area (Å²) in [5.74, 6) is -3.05. The Hall–Kier alpha value is -1.04. The van der Waals surface area contributed by atoms with Gasteiger partial charge in [-0.25, -0.2) is 8.78 Å². The lowest BCUT2D eigenvalue weighted by molar-refractivity contribution is -0.134. The molecule has 1 aromatic rings. The minimum Gasteiger partial charge on any atom is -0.390 e. The molecule has 5 heteroatoms. The first-order chi connectivity index (χ1) is 9.59. The van der Waals surface area contributed by atoms with E-state index in [2.05, 4.69) is 0 Å². The molecule has 3 nitrogen and oxygen atoms in total. The molecule has 1 fully saturated rings. The lowest BCUT2D eigenvalue weighted by Gasteiger charge is -2.30. The number of benzene rings is 1. The van der Waals surface area contributed by atoms with Crippen LogP contribution in [0.5, 0.6) is 0 Å². The molecule has 1 saturated heterocycles. The van der Waals surface area contributed by atoms with Crippen LogP contribution in [0.25, 0.3) is 0 Å². The summed E-state index contributed by atoms with van der Waals surface area (Å²) < 4.78 is 37.2. The first kappa shape index (κ1) is 15.4. The summed E-state index contributed by atoms with van der Waals surface area (Å²) in [5.41, 5.74) is 1.08. The topological polar surface area (TPSA) is 38.7 Å². The number of ether oxygens (including phenoxy) is 2. The summed E-state index contributed by atoms with van der Waals surface area (Å²) in [6, 6.07) is 9.80. The van der Waals surface area contributed by atoms with Gasteiger partial charge in [-0.15, -0.1) is 0 Å². The van der Waals surface area contributed by atoms with E-state index in [4.69, 9.17) is 14.6 Å². The van der Waals surface area contributed by atoms with Gasteiger partial charge >= 0.3 is 0 Å². The molecule has 1 aliphatic rings. The molecule has 112 valence electrons. The molecule has 0 radical (unpaired) electrons. The van der Waals surface area contributed by atoms with Crippen molar-refractivity contribution in [2.45, 2.75) is 44.0 Å². The van der Waals surface area contributed by atoms with Gasteiger partial charge in [0.15, 0.2) is 0 Å². The van der Waals surface area contributed by atoms with Gasteiger partial charge in [0, 0.05) is 6.42 Å². The van der Waals surface area contributed by atoms with Crippen LogP contribution < -0.4 is 0 Å². The monoisotopic (exact) mass is 286 g/mol. The molecule has 1 aromatic carbocycles. The highest BCUT2D eigenvalue weighted by Crippen LogP contribution is 2.27. The number of alkyl halides is 2. The lowest BCUT2D eigenvalue weighted by atomic mass is 10.0. The van der Waals surface area contributed by atoms with Crippen molar-refractivity contribution in [3.8, 4) is 0 Å². The van der Waals surface area contributed by atoms with Crippen LogP contribution in [-0.2, 0) is 16.1 Å². The summed E-state index contributed by atoms with van der Waals surface area (Å²) in [6.07, 6.45) is 0.283. The number of halogens is 2. The van der Waals surface area contributed by atoms with Crippen LogP contribution in [0.4, 0.5) is 8.78 Å². The molecule has 0 aromatic heterocycles. The van der Waals surface area contributed by atoms with Crippen LogP contribution >= 0.6 is 0 Å². The van der Waals surface area contributed by atoms with Crippen molar-refractivity contribution in [1.82, 2.24) is 0 Å². The number of hydrogen-bond donors (Lipinski definition) is 1. The van der Waals surface area contributed by atoms with Crippen molar-refractivity contribution in [2.75, 3.05) is 13.2 Å². The molecule has 0 aliphatic carbocycles. The van der Waals surface area contributed by atoms with Crippen LogP contribution in [0.3, 0.4) is 0 Å². The van der Waals surface area contributed by atoms with Gasteiger partial charge in [0.25, 0.3) is 5.92 Å². The van der Waals surface area contributed by atoms with Gasteiger partial charge in [0.1, 0.15) is 6.61 Å². The van der Waals surface area contributed by atoms with Gasteiger partial charge in [-0.3, -0.25) is 0 Å². The van der Waals surface area contributed by atoms with E-state index in [0.29, 0.717) is 26.1 Å². The average molecular weight is 286 g/mol. The highest BCUT2D eigenvalue weighted by Gasteiger charge is 2.34. The van der Waals surface area contributed by atoms with E-state index in [1.54, 1.807) is 0 Å². The molecule has 1 aliphatic heterocycles. The fourth-order valence-corrected chi connectivity index (χ4v) is 2.26. The molecule has 20 heavy (non-hydrogen) atoms. The summed E-state index contributed by atoms with van der Waals surface area (Å²) in [6.45, 7) is -0.286. The molecular weight excluding hydrogens is 266 g/mol. The van der Waals surface area contributed by atoms with Crippen LogP contribution in [0.2, 0.25) is 0 Å². The van der Waals surface area contributed by atoms with Crippen molar-refractivity contribution in [3.63, 3.8) is 0 Å². The summed E-state index contributed by atoms with van der Waals surface area (Å²) >= 11 is 0. The Bertz CT molecular complexity index is 389. The highest BCUT2D eigenvalue weighted by molar-refractivity contribution is 5.13. The second-order valence-electron chi connectivity index (χ2n) is 5.17. The highest BCUT2D eigenvalue weighted by atomic mass is 19.3. The number of rotatable bonds is 6. The first-order valence-corrected chi connectivity index (χ1v) is 6.85. The fraction of sp³-hybridized carbons (Fsp3) is 0.600. The third-order valence-corrected chi connectivity index (χ3v) is 3.41. The number of aliphatic hydroxyl groups is 1. The maximum atomic E-state index is 13.0. The van der Waals surface area contributed by atoms with Crippen molar-refractivity contribution >= 4 is 0 Å². The van der Waals surface area contributed by atoms with Gasteiger partial charge in [-0.1, -0.05) is 30.3 Å². The summed E-state index contributed by atoms with van der Waals surface area (Å²) in [4.78, 5) is 0. The van der Waals surface area contributed by atoms with E-state index < -0.39 is 25.1 Å². The smallest absolute Gasteiger partial charge is 0.273 e. The van der Waals surface area contributed by atoms with Gasteiger partial charge in [0.2, 0.25) is 0 Å². The Kier molecular flexibility index (Phi) is 5.46. The second-order valence-corrected chi connectivity index (χ2v) is 5.17. The minimum atomic E-state index is -3.05. The SMILES string of the molecule is OCC(F)(F)C[C@H]1CC[C@H](OCc2ccccc2)CO1. The third kappa shape index (κ3) is 4.81. The molecule has 0 bridgehead atoms. The Morgan fingerprint density at radius 1 is 1.25 bits per heavy atom. The normalized spacial score (nSPS) is 23.8. The predicted molar refractivity (Wildman–Crippen MR) is 70.6 cm³/mol. The van der Waals surface area contributed by atoms with Crippen molar-refractivity contribution in [3.05, 3.63) is 35.9 Å². The van der Waals surface area contributed by atoms with Gasteiger partial charge in [0.05, 0.1) is 25.4 Å². The molecule has 0 unspecified atom stereocenters. The summed E-state index contributed by atoms with van der Waals surface area (Å²) in [7, 11) is 0. The standard InChI is InChI=1S/C15H20F2O3/c16-15(17,11-18)8-13-6-7-14(10-20-13)19-9-12-4-2-1-3-5-12/h1-5,13-14,18H,6-11H2/t13-,14+/m1/s1. The molecule has 0 saturated carbocycles. The predicted octanol–water partition coefficient (Wildman–Crippen LogP) is 2.77. The number of hydrogen-bond acceptors (Lipinski definition) is 3. The molecule has 2 atom stereocenters. The molecular formula is C15H20F2O3. The lowest BCUT2D eigenvalue weighted by Crippen LogP contribution is -2.36. The largest absolute Gasteiger partial charge is 0.390 e.